The van der Waals surface area contributed by atoms with Gasteiger partial charge in [0.15, 0.2) is 0 Å². The number of nitrogens with zero attached hydrogens (tertiary/aromatic N) is 1. The van der Waals surface area contributed by atoms with Crippen molar-refractivity contribution in [2.24, 2.45) is 40.4 Å². The van der Waals surface area contributed by atoms with Crippen molar-refractivity contribution in [2.45, 2.75) is 84.3 Å². The highest BCUT2D eigenvalue weighted by Crippen LogP contribution is 2.63. The Bertz CT molecular complexity index is 540. The van der Waals surface area contributed by atoms with Crippen LogP contribution in [0.3, 0.4) is 0 Å². The monoisotopic (exact) mass is 345 g/mol. The quantitative estimate of drug-likeness (QED) is 0.716. The smallest absolute Gasteiger partial charge is 0.0687 e. The fraction of sp³-hybridized carbons (Fsp3) is 1.00. The zero-order chi connectivity index (χ0) is 17.6. The third kappa shape index (κ3) is 2.22. The van der Waals surface area contributed by atoms with E-state index in [0.717, 1.165) is 35.6 Å². The Labute approximate surface area is 155 Å². The molecular weight excluding hydrogens is 306 g/mol. The largest absolute Gasteiger partial charge is 0.378 e. The van der Waals surface area contributed by atoms with Crippen molar-refractivity contribution in [1.29, 1.82) is 0 Å². The topological polar surface area (TPSA) is 12.5 Å². The average Bonchev–Trinajstić information content (AvgIpc) is 2.70. The zero-order valence-corrected chi connectivity index (χ0v) is 17.2. The first kappa shape index (κ1) is 17.0. The molecule has 0 N–H and O–H groups in total. The van der Waals surface area contributed by atoms with Crippen LogP contribution in [-0.4, -0.2) is 36.7 Å². The molecule has 6 bridgehead atoms. The maximum atomic E-state index is 6.10. The van der Waals surface area contributed by atoms with Gasteiger partial charge in [0.2, 0.25) is 0 Å². The molecule has 0 unspecified atom stereocenters. The van der Waals surface area contributed by atoms with Gasteiger partial charge < -0.3 is 4.74 Å². The first-order valence-electron chi connectivity index (χ1n) is 11.1. The van der Waals surface area contributed by atoms with Gasteiger partial charge in [-0.15, -0.1) is 0 Å². The summed E-state index contributed by atoms with van der Waals surface area (Å²) < 4.78 is 6.10. The lowest BCUT2D eigenvalue weighted by Gasteiger charge is -2.62. The summed E-state index contributed by atoms with van der Waals surface area (Å²) in [5.41, 5.74) is 1.33. The van der Waals surface area contributed by atoms with Crippen LogP contribution in [0.2, 0.25) is 0 Å². The second kappa shape index (κ2) is 5.25. The molecule has 25 heavy (non-hydrogen) atoms. The summed E-state index contributed by atoms with van der Waals surface area (Å²) >= 11 is 0. The first-order chi connectivity index (χ1) is 11.8. The first-order valence-corrected chi connectivity index (χ1v) is 11.1. The van der Waals surface area contributed by atoms with Crippen LogP contribution in [0.4, 0.5) is 0 Å². The number of hydrogen-bond donors (Lipinski definition) is 0. The van der Waals surface area contributed by atoms with E-state index in [0.29, 0.717) is 10.8 Å². The van der Waals surface area contributed by atoms with E-state index in [1.54, 1.807) is 0 Å². The number of hydrogen-bond acceptors (Lipinski definition) is 2. The lowest BCUT2D eigenvalue weighted by Crippen LogP contribution is -2.62. The van der Waals surface area contributed by atoms with Crippen LogP contribution in [0.25, 0.3) is 0 Å². The molecule has 0 amide bonds. The van der Waals surface area contributed by atoms with E-state index in [1.807, 2.05) is 7.11 Å². The maximum Gasteiger partial charge on any atom is 0.0687 e. The second-order valence-electron chi connectivity index (χ2n) is 11.6. The summed E-state index contributed by atoms with van der Waals surface area (Å²) in [4.78, 5) is 2.94. The molecule has 5 atom stereocenters. The van der Waals surface area contributed by atoms with E-state index in [2.05, 4.69) is 32.6 Å². The van der Waals surface area contributed by atoms with Crippen LogP contribution in [0.1, 0.15) is 72.6 Å². The number of piperidine rings is 1. The van der Waals surface area contributed by atoms with Gasteiger partial charge >= 0.3 is 0 Å². The number of methoxy groups -OCH3 is 1. The van der Waals surface area contributed by atoms with E-state index in [-0.39, 0.29) is 5.60 Å². The normalized spacial score (nSPS) is 54.8. The van der Waals surface area contributed by atoms with E-state index in [4.69, 9.17) is 4.74 Å². The van der Waals surface area contributed by atoms with Crippen LogP contribution in [0.15, 0.2) is 0 Å². The lowest BCUT2D eigenvalue weighted by molar-refractivity contribution is -0.184. The number of fused-ring (bicyclic) bond motifs is 2. The van der Waals surface area contributed by atoms with E-state index in [1.165, 1.54) is 58.0 Å². The fourth-order valence-electron chi connectivity index (χ4n) is 8.65. The molecule has 1 saturated heterocycles. The third-order valence-electron chi connectivity index (χ3n) is 10.5. The molecule has 0 spiro atoms. The maximum absolute atomic E-state index is 6.10. The summed E-state index contributed by atoms with van der Waals surface area (Å²) in [5, 5.41) is 0. The summed E-state index contributed by atoms with van der Waals surface area (Å²) in [7, 11) is 1.98. The van der Waals surface area contributed by atoms with Crippen LogP contribution in [-0.2, 0) is 4.74 Å². The minimum absolute atomic E-state index is 0.265. The molecule has 1 aliphatic heterocycles. The average molecular weight is 346 g/mol. The second-order valence-corrected chi connectivity index (χ2v) is 11.6. The minimum atomic E-state index is 0.265. The molecule has 1 heterocycles. The van der Waals surface area contributed by atoms with Gasteiger partial charge in [-0.3, -0.25) is 4.90 Å². The molecule has 0 radical (unpaired) electrons. The predicted octanol–water partition coefficient (Wildman–Crippen LogP) is 4.97. The molecular formula is C23H39NO. The van der Waals surface area contributed by atoms with Gasteiger partial charge in [0.1, 0.15) is 0 Å². The van der Waals surface area contributed by atoms with Crippen molar-refractivity contribution in [2.75, 3.05) is 20.2 Å². The Morgan fingerprint density at radius 2 is 1.72 bits per heavy atom. The van der Waals surface area contributed by atoms with Gasteiger partial charge in [-0.05, 0) is 92.3 Å². The number of rotatable bonds is 3. The van der Waals surface area contributed by atoms with Crippen LogP contribution in [0, 0.1) is 40.4 Å². The van der Waals surface area contributed by atoms with Crippen LogP contribution < -0.4 is 0 Å². The van der Waals surface area contributed by atoms with E-state index >= 15 is 0 Å². The molecule has 6 aliphatic rings. The van der Waals surface area contributed by atoms with Crippen LogP contribution >= 0.6 is 0 Å². The molecule has 0 aromatic rings. The fourth-order valence-corrected chi connectivity index (χ4v) is 8.65. The Balaban J connectivity index is 1.37. The highest BCUT2D eigenvalue weighted by Gasteiger charge is 2.60. The molecule has 6 rings (SSSR count). The Morgan fingerprint density at radius 1 is 1.04 bits per heavy atom. The van der Waals surface area contributed by atoms with Gasteiger partial charge in [0.25, 0.3) is 0 Å². The van der Waals surface area contributed by atoms with E-state index < -0.39 is 0 Å². The number of ether oxygens (including phenoxy) is 1. The molecule has 0 aromatic carbocycles. The molecule has 0 aromatic heterocycles. The molecule has 2 nitrogen and oxygen atoms in total. The van der Waals surface area contributed by atoms with Gasteiger partial charge in [-0.1, -0.05) is 20.8 Å². The molecule has 2 heteroatoms. The van der Waals surface area contributed by atoms with Crippen molar-refractivity contribution in [3.8, 4) is 0 Å². The van der Waals surface area contributed by atoms with Gasteiger partial charge in [-0.2, -0.15) is 0 Å². The van der Waals surface area contributed by atoms with Crippen LogP contribution in [0.5, 0.6) is 0 Å². The Hall–Kier alpha value is -0.0800. The summed E-state index contributed by atoms with van der Waals surface area (Å²) in [5.74, 6) is 4.68. The summed E-state index contributed by atoms with van der Waals surface area (Å²) in [6.45, 7) is 13.0. The molecule has 6 fully saturated rings. The van der Waals surface area contributed by atoms with Gasteiger partial charge in [0, 0.05) is 26.2 Å². The van der Waals surface area contributed by atoms with Crippen molar-refractivity contribution in [3.63, 3.8) is 0 Å². The minimum Gasteiger partial charge on any atom is -0.378 e. The zero-order valence-electron chi connectivity index (χ0n) is 17.2. The van der Waals surface area contributed by atoms with Crippen molar-refractivity contribution in [3.05, 3.63) is 0 Å². The standard InChI is InChI=1S/C23H39NO/c1-15(24-13-19-6-7-22(4,14-24)21(19,2)3)20-17-8-16-9-18(20)12-23(10-16,11-17)25-5/h15-20H,6-14H2,1-5H3/t15-,16?,17-,18-,19+,20?,22+,23?/m0/s1. The third-order valence-corrected chi connectivity index (χ3v) is 10.5. The molecule has 142 valence electrons. The molecule has 5 aliphatic carbocycles. The van der Waals surface area contributed by atoms with Gasteiger partial charge in [0.05, 0.1) is 5.60 Å². The SMILES string of the molecule is COC12CC3C[C@@H](C1)C([C@H](C)N1C[C@H]4CC[C@](C)(C1)C4(C)C)[C@@H](C3)C2. The van der Waals surface area contributed by atoms with Crippen molar-refractivity contribution < 1.29 is 4.74 Å². The summed E-state index contributed by atoms with van der Waals surface area (Å²) in [6.07, 6.45) is 9.96. The molecule has 5 saturated carbocycles. The van der Waals surface area contributed by atoms with E-state index in [9.17, 15) is 0 Å². The van der Waals surface area contributed by atoms with Crippen molar-refractivity contribution >= 4 is 0 Å². The Morgan fingerprint density at radius 3 is 2.32 bits per heavy atom. The van der Waals surface area contributed by atoms with Gasteiger partial charge in [-0.25, -0.2) is 0 Å². The number of likely N-dealkylation sites (tertiary alicyclic amines) is 1. The lowest BCUT2D eigenvalue weighted by atomic mass is 9.48. The Kier molecular flexibility index (Phi) is 3.58. The highest BCUT2D eigenvalue weighted by molar-refractivity contribution is 5.11. The highest BCUT2D eigenvalue weighted by atomic mass is 16.5. The summed E-state index contributed by atoms with van der Waals surface area (Å²) in [6, 6.07) is 0.778. The van der Waals surface area contributed by atoms with Crippen molar-refractivity contribution in [1.82, 2.24) is 4.90 Å². The predicted molar refractivity (Wildman–Crippen MR) is 102 cm³/mol.